The van der Waals surface area contributed by atoms with Gasteiger partial charge in [0.05, 0.1) is 34.0 Å². The minimum absolute atomic E-state index is 0.633. The number of benzene rings is 8. The van der Waals surface area contributed by atoms with Crippen molar-refractivity contribution in [1.82, 2.24) is 9.97 Å². The average molecular weight is 741 g/mol. The molecule has 2 aliphatic heterocycles. The van der Waals surface area contributed by atoms with Gasteiger partial charge in [-0.15, -0.1) is 0 Å². The molecule has 1 aromatic heterocycles. The van der Waals surface area contributed by atoms with Crippen LogP contribution in [0.2, 0.25) is 0 Å². The zero-order valence-corrected chi connectivity index (χ0v) is 31.6. The van der Waals surface area contributed by atoms with Gasteiger partial charge in [0.1, 0.15) is 0 Å². The minimum Gasteiger partial charge on any atom is -0.309 e. The molecule has 0 N–H and O–H groups in total. The fourth-order valence-corrected chi connectivity index (χ4v) is 8.35. The molecule has 0 radical (unpaired) electrons. The van der Waals surface area contributed by atoms with Gasteiger partial charge >= 0.3 is 0 Å². The summed E-state index contributed by atoms with van der Waals surface area (Å²) in [6.07, 6.45) is 8.95. The third kappa shape index (κ3) is 5.87. The molecule has 0 atom stereocenters. The number of hydrogen-bond donors (Lipinski definition) is 0. The Labute approximate surface area is 338 Å². The Morgan fingerprint density at radius 2 is 0.776 bits per heavy atom. The van der Waals surface area contributed by atoms with Crippen molar-refractivity contribution in [2.75, 3.05) is 9.80 Å². The lowest BCUT2D eigenvalue weighted by Gasteiger charge is -2.28. The highest BCUT2D eigenvalue weighted by Gasteiger charge is 2.25. The lowest BCUT2D eigenvalue weighted by atomic mass is 9.98. The third-order valence-electron chi connectivity index (χ3n) is 11.2. The Bertz CT molecular complexity index is 3060. The van der Waals surface area contributed by atoms with E-state index in [0.29, 0.717) is 5.95 Å². The van der Waals surface area contributed by atoms with E-state index in [1.54, 1.807) is 0 Å². The SMILES string of the molecule is C1=Cc2cc(-c3ccc4c(c3)C=Cc3ccccc3N4c3nc(-c4ccccc4)c4ccccc4n3)ccc2N(c2ccccc2)c2ccc(-c3ccccc3)cc21. The first-order valence-electron chi connectivity index (χ1n) is 19.7. The van der Waals surface area contributed by atoms with Crippen LogP contribution in [-0.4, -0.2) is 9.97 Å². The summed E-state index contributed by atoms with van der Waals surface area (Å²) >= 11 is 0. The van der Waals surface area contributed by atoms with Gasteiger partial charge in [0.2, 0.25) is 5.95 Å². The van der Waals surface area contributed by atoms with Crippen molar-refractivity contribution < 1.29 is 0 Å². The molecule has 0 amide bonds. The predicted octanol–water partition coefficient (Wildman–Crippen LogP) is 14.5. The smallest absolute Gasteiger partial charge is 0.235 e. The molecule has 58 heavy (non-hydrogen) atoms. The fourth-order valence-electron chi connectivity index (χ4n) is 8.35. The van der Waals surface area contributed by atoms with Crippen LogP contribution in [0.4, 0.5) is 34.4 Å². The topological polar surface area (TPSA) is 32.3 Å². The van der Waals surface area contributed by atoms with Crippen LogP contribution in [0, 0.1) is 0 Å². The second-order valence-corrected chi connectivity index (χ2v) is 14.7. The van der Waals surface area contributed by atoms with Crippen molar-refractivity contribution in [1.29, 1.82) is 0 Å². The molecule has 4 heteroatoms. The maximum absolute atomic E-state index is 5.32. The zero-order valence-electron chi connectivity index (χ0n) is 31.6. The Balaban J connectivity index is 1.03. The van der Waals surface area contributed by atoms with Crippen LogP contribution < -0.4 is 9.80 Å². The second-order valence-electron chi connectivity index (χ2n) is 14.7. The van der Waals surface area contributed by atoms with Crippen molar-refractivity contribution >= 4 is 69.6 Å². The van der Waals surface area contributed by atoms with Crippen LogP contribution in [0.5, 0.6) is 0 Å². The highest BCUT2D eigenvalue weighted by molar-refractivity contribution is 5.99. The van der Waals surface area contributed by atoms with Crippen molar-refractivity contribution in [2.45, 2.75) is 0 Å². The maximum Gasteiger partial charge on any atom is 0.235 e. The predicted molar refractivity (Wildman–Crippen MR) is 243 cm³/mol. The van der Waals surface area contributed by atoms with Gasteiger partial charge in [-0.25, -0.2) is 9.97 Å². The Hall–Kier alpha value is -7.82. The van der Waals surface area contributed by atoms with Gasteiger partial charge in [-0.3, -0.25) is 4.90 Å². The van der Waals surface area contributed by atoms with Gasteiger partial charge in [-0.1, -0.05) is 158 Å². The summed E-state index contributed by atoms with van der Waals surface area (Å²) in [5.74, 6) is 0.633. The third-order valence-corrected chi connectivity index (χ3v) is 11.2. The largest absolute Gasteiger partial charge is 0.309 e. The summed E-state index contributed by atoms with van der Waals surface area (Å²) in [4.78, 5) is 15.1. The van der Waals surface area contributed by atoms with Crippen LogP contribution in [0.25, 0.3) is 68.7 Å². The number of hydrogen-bond acceptors (Lipinski definition) is 4. The molecule has 2 aliphatic rings. The molecular weight excluding hydrogens is 705 g/mol. The minimum atomic E-state index is 0.633. The summed E-state index contributed by atoms with van der Waals surface area (Å²) in [6, 6.07) is 68.8. The van der Waals surface area contributed by atoms with E-state index in [1.165, 1.54) is 16.7 Å². The van der Waals surface area contributed by atoms with Gasteiger partial charge in [-0.2, -0.15) is 0 Å². The maximum atomic E-state index is 5.32. The second kappa shape index (κ2) is 14.0. The molecule has 9 aromatic rings. The molecule has 11 rings (SSSR count). The number of para-hydroxylation sites is 3. The Morgan fingerprint density at radius 3 is 1.41 bits per heavy atom. The first-order chi connectivity index (χ1) is 28.7. The quantitative estimate of drug-likeness (QED) is 0.176. The van der Waals surface area contributed by atoms with Gasteiger partial charge in [0, 0.05) is 16.6 Å². The summed E-state index contributed by atoms with van der Waals surface area (Å²) < 4.78 is 0. The molecule has 0 aliphatic carbocycles. The van der Waals surface area contributed by atoms with E-state index in [-0.39, 0.29) is 0 Å². The number of nitrogens with zero attached hydrogens (tertiary/aromatic N) is 4. The molecule has 8 aromatic carbocycles. The molecule has 272 valence electrons. The highest BCUT2D eigenvalue weighted by atomic mass is 15.3. The van der Waals surface area contributed by atoms with E-state index in [1.807, 2.05) is 12.1 Å². The molecule has 0 fully saturated rings. The van der Waals surface area contributed by atoms with Crippen molar-refractivity contribution in [3.63, 3.8) is 0 Å². The van der Waals surface area contributed by atoms with E-state index in [4.69, 9.17) is 9.97 Å². The highest BCUT2D eigenvalue weighted by Crippen LogP contribution is 2.46. The van der Waals surface area contributed by atoms with Crippen molar-refractivity contribution in [3.8, 4) is 33.5 Å². The van der Waals surface area contributed by atoms with E-state index in [9.17, 15) is 0 Å². The van der Waals surface area contributed by atoms with Crippen LogP contribution >= 0.6 is 0 Å². The first kappa shape index (κ1) is 33.5. The van der Waals surface area contributed by atoms with Crippen LogP contribution in [0.15, 0.2) is 194 Å². The normalized spacial score (nSPS) is 12.6. The van der Waals surface area contributed by atoms with Crippen LogP contribution in [0.3, 0.4) is 0 Å². The molecular formula is C54H36N4. The average Bonchev–Trinajstić information content (AvgIpc) is 3.57. The molecule has 0 saturated carbocycles. The summed E-state index contributed by atoms with van der Waals surface area (Å²) in [7, 11) is 0. The van der Waals surface area contributed by atoms with E-state index < -0.39 is 0 Å². The Kier molecular flexibility index (Phi) is 8.11. The summed E-state index contributed by atoms with van der Waals surface area (Å²) in [5.41, 5.74) is 17.5. The van der Waals surface area contributed by atoms with E-state index in [0.717, 1.165) is 78.4 Å². The summed E-state index contributed by atoms with van der Waals surface area (Å²) in [6.45, 7) is 0. The number of rotatable bonds is 5. The van der Waals surface area contributed by atoms with E-state index >= 15 is 0 Å². The number of anilines is 6. The standard InChI is InChI=1S/C54H36N4/c1-4-14-37(15-5-1)40-28-31-50-43(34-40)26-27-44-35-41(29-32-51(44)57(50)46-19-8-3-9-20-46)42-30-33-52-45(36-42)25-24-38-16-10-13-23-49(38)58(52)54-55-48-22-12-11-21-47(48)53(56-54)39-17-6-2-7-18-39/h1-36H. The van der Waals surface area contributed by atoms with Crippen LogP contribution in [-0.2, 0) is 0 Å². The van der Waals surface area contributed by atoms with Crippen molar-refractivity contribution in [2.24, 2.45) is 0 Å². The lowest BCUT2D eigenvalue weighted by molar-refractivity contribution is 1.11. The van der Waals surface area contributed by atoms with Gasteiger partial charge in [0.25, 0.3) is 0 Å². The molecule has 0 unspecified atom stereocenters. The van der Waals surface area contributed by atoms with Gasteiger partial charge in [-0.05, 0) is 105 Å². The molecule has 0 spiro atoms. The van der Waals surface area contributed by atoms with Crippen LogP contribution in [0.1, 0.15) is 22.3 Å². The van der Waals surface area contributed by atoms with Gasteiger partial charge < -0.3 is 4.90 Å². The summed E-state index contributed by atoms with van der Waals surface area (Å²) in [5, 5.41) is 1.03. The van der Waals surface area contributed by atoms with Crippen molar-refractivity contribution in [3.05, 3.63) is 216 Å². The monoisotopic (exact) mass is 740 g/mol. The molecule has 0 saturated heterocycles. The fraction of sp³-hybridized carbons (Fsp3) is 0. The number of fused-ring (bicyclic) bond motifs is 5. The first-order valence-corrected chi connectivity index (χ1v) is 19.7. The zero-order chi connectivity index (χ0) is 38.4. The van der Waals surface area contributed by atoms with E-state index in [2.05, 4.69) is 216 Å². The Morgan fingerprint density at radius 1 is 0.310 bits per heavy atom. The molecule has 0 bridgehead atoms. The lowest BCUT2D eigenvalue weighted by Crippen LogP contribution is -2.15. The molecule has 4 nitrogen and oxygen atoms in total. The number of aromatic nitrogens is 2. The van der Waals surface area contributed by atoms with Gasteiger partial charge in [0.15, 0.2) is 0 Å². The molecule has 3 heterocycles.